The zero-order valence-electron chi connectivity index (χ0n) is 10.3. The van der Waals surface area contributed by atoms with E-state index in [1.807, 2.05) is 7.05 Å². The van der Waals surface area contributed by atoms with Crippen LogP contribution in [0.5, 0.6) is 0 Å². The average molecular weight is 441 g/mol. The molecule has 1 heterocycles. The molecule has 0 amide bonds. The van der Waals surface area contributed by atoms with Crippen molar-refractivity contribution >= 4 is 58.7 Å². The van der Waals surface area contributed by atoms with Gasteiger partial charge in [0.2, 0.25) is 0 Å². The highest BCUT2D eigenvalue weighted by Crippen LogP contribution is 2.36. The molecule has 0 aliphatic carbocycles. The van der Waals surface area contributed by atoms with Gasteiger partial charge in [-0.15, -0.1) is 0 Å². The molecule has 0 N–H and O–H groups in total. The summed E-state index contributed by atoms with van der Waals surface area (Å²) in [5, 5.41) is 13.0. The van der Waals surface area contributed by atoms with Crippen molar-refractivity contribution in [1.29, 1.82) is 0 Å². The van der Waals surface area contributed by atoms with Crippen molar-refractivity contribution < 1.29 is 4.65 Å². The molecule has 3 nitrogen and oxygen atoms in total. The number of hydrogen-bond donors (Lipinski definition) is 0. The van der Waals surface area contributed by atoms with E-state index in [2.05, 4.69) is 64.5 Å². The third-order valence-electron chi connectivity index (χ3n) is 2.81. The predicted molar refractivity (Wildman–Crippen MR) is 85.2 cm³/mol. The van der Waals surface area contributed by atoms with Gasteiger partial charge in [-0.25, -0.2) is 0 Å². The second kappa shape index (κ2) is 4.90. The number of quaternary nitrogens is 1. The summed E-state index contributed by atoms with van der Waals surface area (Å²) in [5.74, 6) is 0. The van der Waals surface area contributed by atoms with Gasteiger partial charge in [0.05, 0.1) is 24.2 Å². The molecule has 0 aliphatic rings. The summed E-state index contributed by atoms with van der Waals surface area (Å²) in [6, 6.07) is 4.10. The topological polar surface area (TPSA) is 28.0 Å². The van der Waals surface area contributed by atoms with E-state index in [1.54, 1.807) is 14.1 Å². The first-order chi connectivity index (χ1) is 8.20. The Labute approximate surface area is 131 Å². The van der Waals surface area contributed by atoms with Crippen LogP contribution in [0.3, 0.4) is 0 Å². The lowest BCUT2D eigenvalue weighted by Gasteiger charge is -2.33. The molecule has 0 spiro atoms. The molecule has 2 aromatic rings. The van der Waals surface area contributed by atoms with Gasteiger partial charge in [0.15, 0.2) is 0 Å². The predicted octanol–water partition coefficient (Wildman–Crippen LogP) is 4.54. The third-order valence-corrected chi connectivity index (χ3v) is 5.66. The minimum Gasteiger partial charge on any atom is -0.633 e. The van der Waals surface area contributed by atoms with Crippen molar-refractivity contribution in [1.82, 2.24) is 4.57 Å². The van der Waals surface area contributed by atoms with Crippen molar-refractivity contribution in [2.75, 3.05) is 14.1 Å². The lowest BCUT2D eigenvalue weighted by atomic mass is 10.1. The van der Waals surface area contributed by atoms with E-state index in [0.29, 0.717) is 6.54 Å². The lowest BCUT2D eigenvalue weighted by molar-refractivity contribution is -0.853. The van der Waals surface area contributed by atoms with Gasteiger partial charge in [0.25, 0.3) is 0 Å². The number of rotatable bonds is 2. The van der Waals surface area contributed by atoms with Gasteiger partial charge in [-0.2, -0.15) is 0 Å². The van der Waals surface area contributed by atoms with Gasteiger partial charge < -0.3 is 14.4 Å². The Bertz CT molecular complexity index is 614. The van der Waals surface area contributed by atoms with Crippen LogP contribution >= 0.6 is 47.8 Å². The fraction of sp³-hybridized carbons (Fsp3) is 0.333. The number of fused-ring (bicyclic) bond motifs is 1. The first kappa shape index (κ1) is 14.5. The summed E-state index contributed by atoms with van der Waals surface area (Å²) in [5.41, 5.74) is 2.14. The first-order valence-corrected chi connectivity index (χ1v) is 7.74. The van der Waals surface area contributed by atoms with Crippen molar-refractivity contribution in [2.24, 2.45) is 7.05 Å². The van der Waals surface area contributed by atoms with Crippen LogP contribution in [0, 0.1) is 5.21 Å². The van der Waals surface area contributed by atoms with Crippen molar-refractivity contribution in [3.8, 4) is 0 Å². The van der Waals surface area contributed by atoms with Gasteiger partial charge in [0.1, 0.15) is 6.54 Å². The lowest BCUT2D eigenvalue weighted by Crippen LogP contribution is -2.31. The van der Waals surface area contributed by atoms with Gasteiger partial charge in [0, 0.05) is 26.9 Å². The fourth-order valence-electron chi connectivity index (χ4n) is 2.01. The molecular formula is C12H13Br3N2O. The van der Waals surface area contributed by atoms with Crippen LogP contribution in [0.2, 0.25) is 0 Å². The maximum atomic E-state index is 11.9. The number of hydroxylamine groups is 3. The highest BCUT2D eigenvalue weighted by atomic mass is 79.9. The normalized spacial score (nSPS) is 12.4. The van der Waals surface area contributed by atoms with E-state index in [-0.39, 0.29) is 4.65 Å². The van der Waals surface area contributed by atoms with Crippen molar-refractivity contribution in [2.45, 2.75) is 6.54 Å². The summed E-state index contributed by atoms with van der Waals surface area (Å²) >= 11 is 10.6. The van der Waals surface area contributed by atoms with Crippen molar-refractivity contribution in [3.05, 3.63) is 36.5 Å². The second-order valence-electron chi connectivity index (χ2n) is 4.84. The SMILES string of the molecule is Cn1c(Br)c(C[N+](C)(C)[O-])c2cc(Br)c(Br)cc21. The molecule has 18 heavy (non-hydrogen) atoms. The van der Waals surface area contributed by atoms with E-state index >= 15 is 0 Å². The van der Waals surface area contributed by atoms with E-state index in [0.717, 1.165) is 30.0 Å². The van der Waals surface area contributed by atoms with Gasteiger partial charge in [-0.05, 0) is 59.9 Å². The molecule has 0 radical (unpaired) electrons. The summed E-state index contributed by atoms with van der Waals surface area (Å²) in [6.45, 7) is 0.437. The maximum absolute atomic E-state index is 11.9. The molecule has 1 aromatic carbocycles. The third kappa shape index (κ3) is 2.67. The van der Waals surface area contributed by atoms with Crippen LogP contribution < -0.4 is 0 Å². The number of halogens is 3. The number of benzene rings is 1. The Morgan fingerprint density at radius 2 is 1.72 bits per heavy atom. The smallest absolute Gasteiger partial charge is 0.107 e. The zero-order chi connectivity index (χ0) is 13.7. The first-order valence-electron chi connectivity index (χ1n) is 5.36. The maximum Gasteiger partial charge on any atom is 0.107 e. The molecule has 0 fully saturated rings. The van der Waals surface area contributed by atoms with Crippen LogP contribution in [-0.4, -0.2) is 23.3 Å². The van der Waals surface area contributed by atoms with Crippen LogP contribution in [0.15, 0.2) is 25.7 Å². The summed E-state index contributed by atoms with van der Waals surface area (Å²) < 4.78 is 4.67. The van der Waals surface area contributed by atoms with E-state index in [4.69, 9.17) is 0 Å². The largest absolute Gasteiger partial charge is 0.633 e. The molecule has 0 unspecified atom stereocenters. The zero-order valence-corrected chi connectivity index (χ0v) is 15.1. The van der Waals surface area contributed by atoms with Crippen LogP contribution in [0.1, 0.15) is 5.56 Å². The minimum absolute atomic E-state index is 0.342. The molecule has 0 atom stereocenters. The summed E-state index contributed by atoms with van der Waals surface area (Å²) in [6.07, 6.45) is 0. The van der Waals surface area contributed by atoms with E-state index < -0.39 is 0 Å². The quantitative estimate of drug-likeness (QED) is 0.497. The Morgan fingerprint density at radius 1 is 1.17 bits per heavy atom. The molecule has 0 saturated heterocycles. The Kier molecular flexibility index (Phi) is 3.96. The second-order valence-corrected chi connectivity index (χ2v) is 7.30. The van der Waals surface area contributed by atoms with Crippen LogP contribution in [0.25, 0.3) is 10.9 Å². The van der Waals surface area contributed by atoms with E-state index in [9.17, 15) is 5.21 Å². The molecule has 0 saturated carbocycles. The molecule has 6 heteroatoms. The molecule has 0 bridgehead atoms. The van der Waals surface area contributed by atoms with Gasteiger partial charge in [-0.3, -0.25) is 0 Å². The average Bonchev–Trinajstić information content (AvgIpc) is 2.44. The molecule has 0 aliphatic heterocycles. The summed E-state index contributed by atoms with van der Waals surface area (Å²) in [4.78, 5) is 0. The highest BCUT2D eigenvalue weighted by molar-refractivity contribution is 9.13. The Morgan fingerprint density at radius 3 is 2.28 bits per heavy atom. The van der Waals surface area contributed by atoms with Gasteiger partial charge >= 0.3 is 0 Å². The molecule has 1 aromatic heterocycles. The molecule has 2 rings (SSSR count). The number of hydrogen-bond acceptors (Lipinski definition) is 1. The minimum atomic E-state index is -0.342. The van der Waals surface area contributed by atoms with Crippen LogP contribution in [-0.2, 0) is 13.6 Å². The number of aromatic nitrogens is 1. The van der Waals surface area contributed by atoms with Gasteiger partial charge in [-0.1, -0.05) is 0 Å². The Hall–Kier alpha value is 0.120. The molecular weight excluding hydrogens is 428 g/mol. The number of aryl methyl sites for hydroxylation is 1. The molecule has 98 valence electrons. The summed E-state index contributed by atoms with van der Waals surface area (Å²) in [7, 11) is 5.29. The van der Waals surface area contributed by atoms with Crippen molar-refractivity contribution in [3.63, 3.8) is 0 Å². The van der Waals surface area contributed by atoms with Crippen LogP contribution in [0.4, 0.5) is 0 Å². The Balaban J connectivity index is 2.73. The fourth-order valence-corrected chi connectivity index (χ4v) is 3.21. The number of nitrogens with zero attached hydrogens (tertiary/aromatic N) is 2. The van der Waals surface area contributed by atoms with E-state index in [1.165, 1.54) is 0 Å². The monoisotopic (exact) mass is 438 g/mol. The standard InChI is InChI=1S/C12H13Br3N2O/c1-16-11-5-10(14)9(13)4-7(11)8(12(16)15)6-17(2,3)18/h4-5H,6H2,1-3H3. The highest BCUT2D eigenvalue weighted by Gasteiger charge is 2.18.